The van der Waals surface area contributed by atoms with E-state index < -0.39 is 0 Å². The molecule has 0 aromatic heterocycles. The number of anilines is 1. The molecule has 0 radical (unpaired) electrons. The monoisotopic (exact) mass is 375 g/mol. The van der Waals surface area contributed by atoms with Crippen molar-refractivity contribution in [2.75, 3.05) is 5.32 Å². The van der Waals surface area contributed by atoms with E-state index in [9.17, 15) is 4.39 Å². The highest BCUT2D eigenvalue weighted by molar-refractivity contribution is 5.98. The Bertz CT molecular complexity index is 1040. The minimum Gasteiger partial charge on any atom is -0.453 e. The number of para-hydroxylation sites is 1. The fourth-order valence-electron chi connectivity index (χ4n) is 5.01. The molecule has 2 aromatic rings. The van der Waals surface area contributed by atoms with Crippen molar-refractivity contribution in [1.82, 2.24) is 0 Å². The van der Waals surface area contributed by atoms with Crippen LogP contribution in [0.25, 0.3) is 22.5 Å². The quantitative estimate of drug-likeness (QED) is 0.527. The van der Waals surface area contributed by atoms with Crippen LogP contribution in [0.3, 0.4) is 0 Å². The summed E-state index contributed by atoms with van der Waals surface area (Å²) in [5, 5.41) is 3.65. The smallest absolute Gasteiger partial charge is 0.170 e. The highest BCUT2D eigenvalue weighted by Gasteiger charge is 2.33. The number of halogens is 1. The summed E-state index contributed by atoms with van der Waals surface area (Å²) in [4.78, 5) is 0. The largest absolute Gasteiger partial charge is 0.453 e. The molecule has 144 valence electrons. The topological polar surface area (TPSA) is 21.3 Å². The molecule has 5 rings (SSSR count). The van der Waals surface area contributed by atoms with Gasteiger partial charge in [0.2, 0.25) is 0 Å². The van der Waals surface area contributed by atoms with Crippen molar-refractivity contribution in [2.24, 2.45) is 0 Å². The summed E-state index contributed by atoms with van der Waals surface area (Å²) in [7, 11) is 0. The summed E-state index contributed by atoms with van der Waals surface area (Å²) in [5.74, 6) is 0.966. The van der Waals surface area contributed by atoms with Crippen LogP contribution in [0.5, 0.6) is 5.75 Å². The molecule has 1 saturated carbocycles. The number of benzene rings is 2. The fraction of sp³-hybridized carbons (Fsp3) is 0.360. The van der Waals surface area contributed by atoms with Gasteiger partial charge in [-0.3, -0.25) is 0 Å². The minimum absolute atomic E-state index is 0.0942. The van der Waals surface area contributed by atoms with E-state index in [-0.39, 0.29) is 11.4 Å². The molecule has 0 bridgehead atoms. The van der Waals surface area contributed by atoms with Crippen LogP contribution in [0.1, 0.15) is 64.0 Å². The van der Waals surface area contributed by atoms with Crippen molar-refractivity contribution in [3.8, 4) is 16.9 Å². The second-order valence-corrected chi connectivity index (χ2v) is 8.80. The van der Waals surface area contributed by atoms with Crippen molar-refractivity contribution < 1.29 is 9.13 Å². The Morgan fingerprint density at radius 1 is 0.964 bits per heavy atom. The SMILES string of the molecule is CC1=CC(C)(C)Nc2ccc3c(c21)C(=C1CCCCC1)Oc1c(F)cccc1-3. The van der Waals surface area contributed by atoms with Gasteiger partial charge in [-0.05, 0) is 75.3 Å². The van der Waals surface area contributed by atoms with Crippen LogP contribution in [-0.2, 0) is 0 Å². The minimum atomic E-state index is -0.290. The van der Waals surface area contributed by atoms with E-state index in [1.807, 2.05) is 6.07 Å². The van der Waals surface area contributed by atoms with Gasteiger partial charge < -0.3 is 10.1 Å². The van der Waals surface area contributed by atoms with Gasteiger partial charge in [0.15, 0.2) is 11.6 Å². The summed E-state index contributed by atoms with van der Waals surface area (Å²) < 4.78 is 21.0. The number of nitrogens with one attached hydrogen (secondary N) is 1. The van der Waals surface area contributed by atoms with Gasteiger partial charge in [-0.15, -0.1) is 0 Å². The molecule has 2 heterocycles. The standard InChI is InChI=1S/C25H26FNO/c1-15-14-25(2,3)27-20-13-12-17-18-10-7-11-19(26)24(18)28-23(22(17)21(15)20)16-8-5-4-6-9-16/h7,10-14,27H,4-6,8-9H2,1-3H3. The normalized spacial score (nSPS) is 19.6. The lowest BCUT2D eigenvalue weighted by molar-refractivity contribution is 0.452. The summed E-state index contributed by atoms with van der Waals surface area (Å²) in [6.45, 7) is 6.53. The van der Waals surface area contributed by atoms with Gasteiger partial charge in [-0.25, -0.2) is 4.39 Å². The number of rotatable bonds is 0. The average molecular weight is 375 g/mol. The second-order valence-electron chi connectivity index (χ2n) is 8.80. The zero-order valence-electron chi connectivity index (χ0n) is 16.8. The number of ether oxygens (including phenoxy) is 1. The highest BCUT2D eigenvalue weighted by atomic mass is 19.1. The number of hydrogen-bond acceptors (Lipinski definition) is 2. The van der Waals surface area contributed by atoms with Gasteiger partial charge in [0.25, 0.3) is 0 Å². The molecule has 0 atom stereocenters. The Hall–Kier alpha value is -2.55. The summed E-state index contributed by atoms with van der Waals surface area (Å²) in [6.07, 6.45) is 7.96. The Balaban J connectivity index is 1.83. The summed E-state index contributed by atoms with van der Waals surface area (Å²) in [6, 6.07) is 9.48. The first kappa shape index (κ1) is 17.5. The van der Waals surface area contributed by atoms with Crippen LogP contribution in [0.2, 0.25) is 0 Å². The van der Waals surface area contributed by atoms with Gasteiger partial charge in [0, 0.05) is 22.4 Å². The zero-order chi connectivity index (χ0) is 19.5. The van der Waals surface area contributed by atoms with Crippen molar-refractivity contribution in [3.05, 3.63) is 58.9 Å². The molecule has 3 aliphatic rings. The van der Waals surface area contributed by atoms with Crippen LogP contribution in [-0.4, -0.2) is 5.54 Å². The predicted octanol–water partition coefficient (Wildman–Crippen LogP) is 7.17. The van der Waals surface area contributed by atoms with Crippen LogP contribution >= 0.6 is 0 Å². The van der Waals surface area contributed by atoms with E-state index in [4.69, 9.17) is 4.74 Å². The Morgan fingerprint density at radius 3 is 2.54 bits per heavy atom. The van der Waals surface area contributed by atoms with Gasteiger partial charge in [-0.1, -0.05) is 30.7 Å². The van der Waals surface area contributed by atoms with Crippen molar-refractivity contribution in [1.29, 1.82) is 0 Å². The van der Waals surface area contributed by atoms with Crippen molar-refractivity contribution >= 4 is 17.0 Å². The zero-order valence-corrected chi connectivity index (χ0v) is 16.8. The molecule has 3 heteroatoms. The molecule has 2 aromatic carbocycles. The van der Waals surface area contributed by atoms with Gasteiger partial charge in [0.05, 0.1) is 5.54 Å². The van der Waals surface area contributed by atoms with E-state index in [2.05, 4.69) is 44.3 Å². The van der Waals surface area contributed by atoms with Crippen LogP contribution < -0.4 is 10.1 Å². The number of hydrogen-bond donors (Lipinski definition) is 1. The van der Waals surface area contributed by atoms with Crippen LogP contribution in [0, 0.1) is 5.82 Å². The molecule has 2 aliphatic heterocycles. The Labute approximate surface area is 166 Å². The third kappa shape index (κ3) is 2.68. The third-order valence-corrected chi connectivity index (χ3v) is 6.10. The third-order valence-electron chi connectivity index (χ3n) is 6.10. The molecular formula is C25H26FNO. The van der Waals surface area contributed by atoms with E-state index in [1.54, 1.807) is 6.07 Å². The number of allylic oxidation sites excluding steroid dienone is 2. The maximum Gasteiger partial charge on any atom is 0.170 e. The lowest BCUT2D eigenvalue weighted by atomic mass is 9.81. The van der Waals surface area contributed by atoms with Crippen molar-refractivity contribution in [3.63, 3.8) is 0 Å². The molecule has 0 saturated heterocycles. The predicted molar refractivity (Wildman–Crippen MR) is 114 cm³/mol. The van der Waals surface area contributed by atoms with Crippen LogP contribution in [0.15, 0.2) is 42.0 Å². The number of fused-ring (bicyclic) bond motifs is 5. The van der Waals surface area contributed by atoms with E-state index in [1.165, 1.54) is 42.0 Å². The van der Waals surface area contributed by atoms with Crippen LogP contribution in [0.4, 0.5) is 10.1 Å². The van der Waals surface area contributed by atoms with Gasteiger partial charge in [0.1, 0.15) is 5.76 Å². The van der Waals surface area contributed by atoms with Gasteiger partial charge in [-0.2, -0.15) is 0 Å². The van der Waals surface area contributed by atoms with Gasteiger partial charge >= 0.3 is 0 Å². The summed E-state index contributed by atoms with van der Waals surface area (Å²) in [5.41, 5.74) is 7.84. The first-order valence-electron chi connectivity index (χ1n) is 10.3. The Morgan fingerprint density at radius 2 is 1.75 bits per heavy atom. The molecule has 2 nitrogen and oxygen atoms in total. The lowest BCUT2D eigenvalue weighted by Gasteiger charge is -2.36. The average Bonchev–Trinajstić information content (AvgIpc) is 2.67. The molecule has 1 aliphatic carbocycles. The van der Waals surface area contributed by atoms with E-state index >= 15 is 0 Å². The fourth-order valence-corrected chi connectivity index (χ4v) is 5.01. The maximum absolute atomic E-state index is 14.7. The molecule has 1 fully saturated rings. The van der Waals surface area contributed by atoms with Crippen molar-refractivity contribution in [2.45, 2.75) is 58.4 Å². The molecule has 28 heavy (non-hydrogen) atoms. The molecule has 1 N–H and O–H groups in total. The lowest BCUT2D eigenvalue weighted by Crippen LogP contribution is -2.32. The molecule has 0 amide bonds. The maximum atomic E-state index is 14.7. The molecule has 0 spiro atoms. The first-order chi connectivity index (χ1) is 13.4. The first-order valence-corrected chi connectivity index (χ1v) is 10.3. The van der Waals surface area contributed by atoms with E-state index in [0.717, 1.165) is 41.0 Å². The Kier molecular flexibility index (Phi) is 3.90. The summed E-state index contributed by atoms with van der Waals surface area (Å²) >= 11 is 0. The highest BCUT2D eigenvalue weighted by Crippen LogP contribution is 2.51. The second kappa shape index (κ2) is 6.23. The van der Waals surface area contributed by atoms with E-state index in [0.29, 0.717) is 5.75 Å². The molecular weight excluding hydrogens is 349 g/mol. The molecule has 0 unspecified atom stereocenters.